The van der Waals surface area contributed by atoms with Crippen molar-refractivity contribution in [2.45, 2.75) is 32.7 Å². The van der Waals surface area contributed by atoms with E-state index in [1.54, 1.807) is 36.9 Å². The molecule has 0 fully saturated rings. The summed E-state index contributed by atoms with van der Waals surface area (Å²) in [6, 6.07) is 4.99. The molecule has 1 aromatic carbocycles. The second-order valence-electron chi connectivity index (χ2n) is 5.73. The van der Waals surface area contributed by atoms with Crippen molar-refractivity contribution in [1.29, 1.82) is 0 Å². The third-order valence-electron chi connectivity index (χ3n) is 4.05. The van der Waals surface area contributed by atoms with Gasteiger partial charge in [-0.25, -0.2) is 0 Å². The number of benzene rings is 1. The van der Waals surface area contributed by atoms with Gasteiger partial charge in [-0.05, 0) is 39.0 Å². The Bertz CT molecular complexity index is 793. The highest BCUT2D eigenvalue weighted by Gasteiger charge is 2.28. The number of hydrogen-bond donors (Lipinski definition) is 0. The van der Waals surface area contributed by atoms with E-state index in [9.17, 15) is 9.59 Å². The summed E-state index contributed by atoms with van der Waals surface area (Å²) in [5.41, 5.74) is 2.57. The first-order valence-corrected chi connectivity index (χ1v) is 7.99. The van der Waals surface area contributed by atoms with Crippen molar-refractivity contribution in [3.8, 4) is 5.75 Å². The minimum Gasteiger partial charge on any atom is -0.482 e. The third kappa shape index (κ3) is 2.89. The molecule has 1 aliphatic heterocycles. The number of halogens is 1. The minimum absolute atomic E-state index is 0.0461. The van der Waals surface area contributed by atoms with E-state index in [1.807, 2.05) is 6.92 Å². The second kappa shape index (κ2) is 6.28. The molecule has 0 spiro atoms. The zero-order valence-electron chi connectivity index (χ0n) is 13.6. The highest BCUT2D eigenvalue weighted by Crippen LogP contribution is 2.35. The molecule has 1 amide bonds. The number of aromatic nitrogens is 1. The molecule has 0 aliphatic carbocycles. The Labute approximate surface area is 144 Å². The van der Waals surface area contributed by atoms with Gasteiger partial charge in [0.15, 0.2) is 12.4 Å². The van der Waals surface area contributed by atoms with Crippen LogP contribution in [0.5, 0.6) is 5.75 Å². The monoisotopic (exact) mass is 348 g/mol. The molecule has 1 unspecified atom stereocenters. The van der Waals surface area contributed by atoms with E-state index in [2.05, 4.69) is 5.16 Å². The van der Waals surface area contributed by atoms with Crippen molar-refractivity contribution in [2.24, 2.45) is 0 Å². The molecule has 6 nitrogen and oxygen atoms in total. The van der Waals surface area contributed by atoms with Crippen molar-refractivity contribution < 1.29 is 18.8 Å². The summed E-state index contributed by atoms with van der Waals surface area (Å²) in [7, 11) is 0. The predicted molar refractivity (Wildman–Crippen MR) is 88.7 cm³/mol. The Hall–Kier alpha value is -2.34. The third-order valence-corrected chi connectivity index (χ3v) is 4.24. The van der Waals surface area contributed by atoms with E-state index in [0.717, 1.165) is 11.3 Å². The molecular weight excluding hydrogens is 332 g/mol. The Morgan fingerprint density at radius 2 is 2.17 bits per heavy atom. The van der Waals surface area contributed by atoms with Gasteiger partial charge >= 0.3 is 0 Å². The highest BCUT2D eigenvalue weighted by atomic mass is 35.5. The molecule has 1 aliphatic rings. The first-order chi connectivity index (χ1) is 11.4. The van der Waals surface area contributed by atoms with Crippen molar-refractivity contribution >= 4 is 29.0 Å². The topological polar surface area (TPSA) is 72.6 Å². The number of anilines is 1. The normalized spacial score (nSPS) is 15.0. The number of alkyl halides is 1. The zero-order chi connectivity index (χ0) is 17.4. The number of Topliss-reactive ketones (excluding diaryl/α,β-unsaturated/α-hetero) is 1. The van der Waals surface area contributed by atoms with Crippen LogP contribution in [0, 0.1) is 13.8 Å². The Balaban J connectivity index is 2.01. The van der Waals surface area contributed by atoms with Gasteiger partial charge in [0.25, 0.3) is 5.91 Å². The fraction of sp³-hybridized carbons (Fsp3) is 0.353. The van der Waals surface area contributed by atoms with E-state index in [4.69, 9.17) is 20.9 Å². The molecule has 2 heterocycles. The van der Waals surface area contributed by atoms with E-state index in [-0.39, 0.29) is 18.3 Å². The maximum Gasteiger partial charge on any atom is 0.265 e. The molecular formula is C17H17ClN2O4. The summed E-state index contributed by atoms with van der Waals surface area (Å²) >= 11 is 5.89. The van der Waals surface area contributed by atoms with Gasteiger partial charge in [0, 0.05) is 11.1 Å². The van der Waals surface area contributed by atoms with E-state index >= 15 is 0 Å². The zero-order valence-corrected chi connectivity index (χ0v) is 14.4. The highest BCUT2D eigenvalue weighted by molar-refractivity contribution is 6.33. The largest absolute Gasteiger partial charge is 0.482 e. The van der Waals surface area contributed by atoms with Gasteiger partial charge < -0.3 is 14.2 Å². The van der Waals surface area contributed by atoms with Crippen LogP contribution >= 0.6 is 11.6 Å². The average molecular weight is 349 g/mol. The molecule has 0 radical (unpaired) electrons. The molecule has 0 N–H and O–H groups in total. The predicted octanol–water partition coefficient (Wildman–Crippen LogP) is 3.03. The quantitative estimate of drug-likeness (QED) is 0.627. The van der Waals surface area contributed by atoms with Crippen LogP contribution in [0.2, 0.25) is 0 Å². The van der Waals surface area contributed by atoms with Crippen LogP contribution in [0.15, 0.2) is 22.7 Å². The van der Waals surface area contributed by atoms with E-state index < -0.39 is 5.38 Å². The number of ether oxygens (including phenoxy) is 1. The molecule has 2 aromatic rings. The van der Waals surface area contributed by atoms with Crippen molar-refractivity contribution in [1.82, 2.24) is 5.16 Å². The summed E-state index contributed by atoms with van der Waals surface area (Å²) in [5.74, 6) is 0.830. The Kier molecular flexibility index (Phi) is 4.32. The van der Waals surface area contributed by atoms with Crippen molar-refractivity contribution in [2.75, 3.05) is 11.5 Å². The maximum atomic E-state index is 12.4. The number of amides is 1. The van der Waals surface area contributed by atoms with Gasteiger partial charge in [0.05, 0.1) is 23.3 Å². The van der Waals surface area contributed by atoms with Crippen LogP contribution in [0.1, 0.15) is 34.3 Å². The molecule has 0 saturated carbocycles. The molecule has 1 atom stereocenters. The number of nitrogens with zero attached hydrogens (tertiary/aromatic N) is 2. The smallest absolute Gasteiger partial charge is 0.265 e. The molecule has 0 bridgehead atoms. The van der Waals surface area contributed by atoms with Gasteiger partial charge in [-0.3, -0.25) is 9.59 Å². The summed E-state index contributed by atoms with van der Waals surface area (Å²) in [4.78, 5) is 26.1. The second-order valence-corrected chi connectivity index (χ2v) is 6.39. The maximum absolute atomic E-state index is 12.4. The molecule has 24 heavy (non-hydrogen) atoms. The lowest BCUT2D eigenvalue weighted by Crippen LogP contribution is -2.38. The van der Waals surface area contributed by atoms with Crippen LogP contribution in [-0.4, -0.2) is 28.8 Å². The number of carbonyl (C=O) groups excluding carboxylic acids is 2. The van der Waals surface area contributed by atoms with Gasteiger partial charge in [-0.15, -0.1) is 11.6 Å². The van der Waals surface area contributed by atoms with Crippen LogP contribution in [0.4, 0.5) is 5.69 Å². The molecule has 3 rings (SSSR count). The van der Waals surface area contributed by atoms with Gasteiger partial charge in [0.2, 0.25) is 0 Å². The van der Waals surface area contributed by atoms with E-state index in [1.165, 1.54) is 0 Å². The van der Waals surface area contributed by atoms with E-state index in [0.29, 0.717) is 29.3 Å². The Morgan fingerprint density at radius 3 is 2.79 bits per heavy atom. The molecule has 0 saturated heterocycles. The van der Waals surface area contributed by atoms with Crippen molar-refractivity contribution in [3.63, 3.8) is 0 Å². The number of fused-ring (bicyclic) bond motifs is 1. The Morgan fingerprint density at radius 1 is 1.42 bits per heavy atom. The lowest BCUT2D eigenvalue weighted by Gasteiger charge is -2.29. The summed E-state index contributed by atoms with van der Waals surface area (Å²) < 4.78 is 10.6. The molecule has 7 heteroatoms. The first kappa shape index (κ1) is 16.5. The summed E-state index contributed by atoms with van der Waals surface area (Å²) in [5, 5.41) is 3.28. The fourth-order valence-electron chi connectivity index (χ4n) is 2.64. The number of hydrogen-bond acceptors (Lipinski definition) is 5. The summed E-state index contributed by atoms with van der Waals surface area (Å²) in [6.45, 7) is 5.51. The van der Waals surface area contributed by atoms with Gasteiger partial charge in [0.1, 0.15) is 11.5 Å². The van der Waals surface area contributed by atoms with Crippen LogP contribution < -0.4 is 9.64 Å². The number of carbonyl (C=O) groups is 2. The van der Waals surface area contributed by atoms with Crippen LogP contribution in [-0.2, 0) is 11.3 Å². The number of rotatable bonds is 4. The van der Waals surface area contributed by atoms with Crippen LogP contribution in [0.25, 0.3) is 0 Å². The van der Waals surface area contributed by atoms with Crippen molar-refractivity contribution in [3.05, 3.63) is 40.8 Å². The van der Waals surface area contributed by atoms with Gasteiger partial charge in [-0.2, -0.15) is 0 Å². The van der Waals surface area contributed by atoms with Crippen LogP contribution in [0.3, 0.4) is 0 Å². The lowest BCUT2D eigenvalue weighted by molar-refractivity contribution is -0.121. The first-order valence-electron chi connectivity index (χ1n) is 7.55. The average Bonchev–Trinajstić information content (AvgIpc) is 2.87. The SMILES string of the molecule is Cc1noc(C)c1CN1C(=O)COc2ccc(C(=O)C(C)Cl)cc21. The molecule has 126 valence electrons. The standard InChI is InChI=1S/C17H17ClN2O4/c1-9(18)17(22)12-4-5-15-14(6-12)20(16(21)8-23-15)7-13-10(2)19-24-11(13)3/h4-6,9H,7-8H2,1-3H3. The number of ketones is 1. The van der Waals surface area contributed by atoms with Gasteiger partial charge in [-0.1, -0.05) is 5.16 Å². The number of aryl methyl sites for hydroxylation is 2. The lowest BCUT2D eigenvalue weighted by atomic mass is 10.1. The minimum atomic E-state index is -0.640. The summed E-state index contributed by atoms with van der Waals surface area (Å²) in [6.07, 6.45) is 0. The fourth-order valence-corrected chi connectivity index (χ4v) is 2.77. The molecule has 1 aromatic heterocycles.